The van der Waals surface area contributed by atoms with Crippen LogP contribution in [-0.4, -0.2) is 39.8 Å². The summed E-state index contributed by atoms with van der Waals surface area (Å²) in [6.45, 7) is 8.08. The number of rotatable bonds is 3. The Labute approximate surface area is 170 Å². The summed E-state index contributed by atoms with van der Waals surface area (Å²) < 4.78 is 5.68. The van der Waals surface area contributed by atoms with Crippen LogP contribution in [-0.2, 0) is 9.53 Å². The number of aromatic hydroxyl groups is 2. The molecule has 6 heteroatoms. The SMILES string of the molecule is Cc1cc(O)cc(O)c1C(=O)O[C@@H]1C[C@@]2(C)C1=C(C=O)[C@@H](O)[C@@H]1CC(C)(C)C[C@@H]12. The van der Waals surface area contributed by atoms with Crippen molar-refractivity contribution in [3.8, 4) is 11.5 Å². The number of aldehydes is 1. The lowest BCUT2D eigenvalue weighted by Crippen LogP contribution is -2.56. The Morgan fingerprint density at radius 2 is 1.86 bits per heavy atom. The van der Waals surface area contributed by atoms with Crippen molar-refractivity contribution in [3.05, 3.63) is 34.4 Å². The highest BCUT2D eigenvalue weighted by Crippen LogP contribution is 2.66. The zero-order chi connectivity index (χ0) is 21.3. The summed E-state index contributed by atoms with van der Waals surface area (Å²) in [7, 11) is 0. The van der Waals surface area contributed by atoms with Gasteiger partial charge in [-0.15, -0.1) is 0 Å². The summed E-state index contributed by atoms with van der Waals surface area (Å²) in [5.41, 5.74) is 1.30. The summed E-state index contributed by atoms with van der Waals surface area (Å²) in [5.74, 6) is -0.901. The molecule has 0 aromatic heterocycles. The van der Waals surface area contributed by atoms with Gasteiger partial charge in [0.15, 0.2) is 0 Å². The highest BCUT2D eigenvalue weighted by atomic mass is 16.5. The van der Waals surface area contributed by atoms with E-state index in [2.05, 4.69) is 20.8 Å². The highest BCUT2D eigenvalue weighted by Gasteiger charge is 2.63. The van der Waals surface area contributed by atoms with Crippen molar-refractivity contribution < 1.29 is 29.6 Å². The number of esters is 1. The van der Waals surface area contributed by atoms with E-state index >= 15 is 0 Å². The molecule has 3 aliphatic carbocycles. The van der Waals surface area contributed by atoms with Crippen molar-refractivity contribution >= 4 is 12.3 Å². The number of benzene rings is 1. The Morgan fingerprint density at radius 3 is 2.48 bits per heavy atom. The molecule has 3 N–H and O–H groups in total. The lowest BCUT2D eigenvalue weighted by atomic mass is 9.49. The van der Waals surface area contributed by atoms with Gasteiger partial charge in [-0.3, -0.25) is 4.79 Å². The molecule has 1 aromatic carbocycles. The van der Waals surface area contributed by atoms with Gasteiger partial charge in [-0.1, -0.05) is 20.8 Å². The average Bonchev–Trinajstić information content (AvgIpc) is 2.92. The first-order valence-corrected chi connectivity index (χ1v) is 10.1. The molecule has 0 amide bonds. The fraction of sp³-hybridized carbons (Fsp3) is 0.565. The maximum Gasteiger partial charge on any atom is 0.342 e. The number of aliphatic hydroxyl groups excluding tert-OH is 1. The van der Waals surface area contributed by atoms with Crippen molar-refractivity contribution in [3.63, 3.8) is 0 Å². The topological polar surface area (TPSA) is 104 Å². The number of hydrogen-bond acceptors (Lipinski definition) is 6. The number of carbonyl (C=O) groups excluding carboxylic acids is 2. The first-order chi connectivity index (χ1) is 13.5. The molecule has 6 nitrogen and oxygen atoms in total. The third kappa shape index (κ3) is 2.88. The summed E-state index contributed by atoms with van der Waals surface area (Å²) in [4.78, 5) is 24.6. The van der Waals surface area contributed by atoms with E-state index in [-0.39, 0.29) is 39.7 Å². The van der Waals surface area contributed by atoms with E-state index in [1.165, 1.54) is 6.07 Å². The van der Waals surface area contributed by atoms with Crippen LogP contribution in [0.5, 0.6) is 11.5 Å². The Hall–Kier alpha value is -2.34. The van der Waals surface area contributed by atoms with E-state index < -0.39 is 18.2 Å². The Balaban J connectivity index is 1.65. The van der Waals surface area contributed by atoms with Gasteiger partial charge >= 0.3 is 5.97 Å². The van der Waals surface area contributed by atoms with Gasteiger partial charge in [0, 0.05) is 11.6 Å². The van der Waals surface area contributed by atoms with E-state index in [9.17, 15) is 24.9 Å². The van der Waals surface area contributed by atoms with Gasteiger partial charge in [0.05, 0.1) is 6.10 Å². The maximum absolute atomic E-state index is 12.7. The summed E-state index contributed by atoms with van der Waals surface area (Å²) >= 11 is 0. The minimum atomic E-state index is -0.840. The molecule has 3 aliphatic rings. The van der Waals surface area contributed by atoms with Crippen LogP contribution < -0.4 is 0 Å². The highest BCUT2D eigenvalue weighted by molar-refractivity contribution is 5.94. The third-order valence-corrected chi connectivity index (χ3v) is 7.36. The van der Waals surface area contributed by atoms with Crippen LogP contribution in [0, 0.1) is 29.6 Å². The second kappa shape index (κ2) is 6.33. The summed E-state index contributed by atoms with van der Waals surface area (Å²) in [6.07, 6.45) is 1.69. The zero-order valence-electron chi connectivity index (χ0n) is 17.2. The Kier molecular flexibility index (Phi) is 4.35. The van der Waals surface area contributed by atoms with Gasteiger partial charge in [0.1, 0.15) is 29.5 Å². The van der Waals surface area contributed by atoms with Gasteiger partial charge in [-0.25, -0.2) is 4.79 Å². The first-order valence-electron chi connectivity index (χ1n) is 10.1. The van der Waals surface area contributed by atoms with Crippen molar-refractivity contribution in [1.29, 1.82) is 0 Å². The number of ether oxygens (including phenoxy) is 1. The number of phenolic OH excluding ortho intramolecular Hbond substituents is 2. The third-order valence-electron chi connectivity index (χ3n) is 7.36. The smallest absolute Gasteiger partial charge is 0.342 e. The Morgan fingerprint density at radius 1 is 1.17 bits per heavy atom. The second-order valence-corrected chi connectivity index (χ2v) is 9.95. The quantitative estimate of drug-likeness (QED) is 0.531. The van der Waals surface area contributed by atoms with E-state index in [1.807, 2.05) is 0 Å². The van der Waals surface area contributed by atoms with Gasteiger partial charge in [0.2, 0.25) is 0 Å². The predicted octanol–water partition coefficient (Wildman–Crippen LogP) is 3.26. The second-order valence-electron chi connectivity index (χ2n) is 9.95. The van der Waals surface area contributed by atoms with Crippen LogP contribution in [0.4, 0.5) is 0 Å². The zero-order valence-corrected chi connectivity index (χ0v) is 17.2. The van der Waals surface area contributed by atoms with Crippen LogP contribution in [0.25, 0.3) is 0 Å². The maximum atomic E-state index is 12.7. The van der Waals surface area contributed by atoms with E-state index in [4.69, 9.17) is 4.74 Å². The number of phenols is 2. The van der Waals surface area contributed by atoms with Gasteiger partial charge in [0.25, 0.3) is 0 Å². The van der Waals surface area contributed by atoms with Crippen molar-refractivity contribution in [2.24, 2.45) is 22.7 Å². The van der Waals surface area contributed by atoms with Crippen molar-refractivity contribution in [1.82, 2.24) is 0 Å². The van der Waals surface area contributed by atoms with Crippen LogP contribution in [0.2, 0.25) is 0 Å². The molecule has 156 valence electrons. The molecule has 0 heterocycles. The molecule has 0 unspecified atom stereocenters. The standard InChI is InChI=1S/C23H28O6/c1-11-5-12(25)6-16(26)18(11)21(28)29-17-9-23(4)15-8-22(2,3)7-13(15)20(27)14(10-24)19(17)23/h5-6,10,13,15,17,20,25-27H,7-9H2,1-4H3/t13-,15+,17-,20+,23-/m1/s1. The molecule has 2 fully saturated rings. The lowest BCUT2D eigenvalue weighted by molar-refractivity contribution is -0.109. The van der Waals surface area contributed by atoms with E-state index in [0.29, 0.717) is 23.8 Å². The van der Waals surface area contributed by atoms with Gasteiger partial charge in [-0.05, 0) is 66.1 Å². The van der Waals surface area contributed by atoms with Crippen LogP contribution in [0.1, 0.15) is 56.0 Å². The number of aliphatic hydroxyl groups is 1. The minimum Gasteiger partial charge on any atom is -0.508 e. The number of fused-ring (bicyclic) bond motifs is 3. The molecular weight excluding hydrogens is 372 g/mol. The summed E-state index contributed by atoms with van der Waals surface area (Å²) in [5, 5.41) is 30.5. The molecule has 0 saturated heterocycles. The normalized spacial score (nSPS) is 34.8. The molecular formula is C23H28O6. The van der Waals surface area contributed by atoms with Crippen molar-refractivity contribution in [2.75, 3.05) is 0 Å². The molecule has 1 aromatic rings. The minimum absolute atomic E-state index is 0.000824. The molecule has 0 radical (unpaired) electrons. The number of hydrogen-bond donors (Lipinski definition) is 3. The molecule has 0 spiro atoms. The van der Waals surface area contributed by atoms with E-state index in [0.717, 1.165) is 24.5 Å². The van der Waals surface area contributed by atoms with Crippen molar-refractivity contribution in [2.45, 2.75) is 59.2 Å². The molecule has 0 bridgehead atoms. The van der Waals surface area contributed by atoms with Crippen LogP contribution in [0.3, 0.4) is 0 Å². The molecule has 5 atom stereocenters. The van der Waals surface area contributed by atoms with Gasteiger partial charge in [-0.2, -0.15) is 0 Å². The Bertz CT molecular complexity index is 906. The fourth-order valence-electron chi connectivity index (χ4n) is 6.17. The van der Waals surface area contributed by atoms with Crippen LogP contribution in [0.15, 0.2) is 23.3 Å². The molecule has 29 heavy (non-hydrogen) atoms. The largest absolute Gasteiger partial charge is 0.508 e. The molecule has 0 aliphatic heterocycles. The average molecular weight is 400 g/mol. The predicted molar refractivity (Wildman–Crippen MR) is 106 cm³/mol. The summed E-state index contributed by atoms with van der Waals surface area (Å²) in [6, 6.07) is 2.48. The molecule has 4 rings (SSSR count). The monoisotopic (exact) mass is 400 g/mol. The number of aryl methyl sites for hydroxylation is 1. The molecule has 2 saturated carbocycles. The van der Waals surface area contributed by atoms with Crippen LogP contribution >= 0.6 is 0 Å². The fourth-order valence-corrected chi connectivity index (χ4v) is 6.17. The van der Waals surface area contributed by atoms with Gasteiger partial charge < -0.3 is 20.1 Å². The lowest BCUT2D eigenvalue weighted by Gasteiger charge is -2.57. The number of carbonyl (C=O) groups is 2. The van der Waals surface area contributed by atoms with E-state index in [1.54, 1.807) is 6.92 Å². The first kappa shape index (κ1) is 20.0.